The van der Waals surface area contributed by atoms with Gasteiger partial charge in [0.15, 0.2) is 4.34 Å². The van der Waals surface area contributed by atoms with Crippen LogP contribution in [0.2, 0.25) is 0 Å². The van der Waals surface area contributed by atoms with Crippen LogP contribution in [0.25, 0.3) is 10.2 Å². The maximum atomic E-state index is 12.9. The molecule has 1 aromatic heterocycles. The molecule has 4 rings (SSSR count). The molecular formula is C30H33N3O3S2. The van der Waals surface area contributed by atoms with Gasteiger partial charge in [-0.1, -0.05) is 55.4 Å². The summed E-state index contributed by atoms with van der Waals surface area (Å²) in [6.45, 7) is 8.12. The van der Waals surface area contributed by atoms with E-state index in [9.17, 15) is 9.59 Å². The molecule has 2 N–H and O–H groups in total. The van der Waals surface area contributed by atoms with Crippen molar-refractivity contribution in [2.75, 3.05) is 11.1 Å². The second-order valence-electron chi connectivity index (χ2n) is 9.30. The van der Waals surface area contributed by atoms with Crippen LogP contribution >= 0.6 is 23.1 Å². The summed E-state index contributed by atoms with van der Waals surface area (Å²) in [7, 11) is 0. The molecule has 0 aliphatic rings. The van der Waals surface area contributed by atoms with Crippen LogP contribution in [0.5, 0.6) is 5.75 Å². The summed E-state index contributed by atoms with van der Waals surface area (Å²) in [5.41, 5.74) is 4.12. The van der Waals surface area contributed by atoms with Gasteiger partial charge < -0.3 is 15.4 Å². The Bertz CT molecular complexity index is 1400. The average molecular weight is 548 g/mol. The molecule has 0 aliphatic carbocycles. The highest BCUT2D eigenvalue weighted by molar-refractivity contribution is 8.01. The highest BCUT2D eigenvalue weighted by Crippen LogP contribution is 2.31. The van der Waals surface area contributed by atoms with Crippen molar-refractivity contribution in [2.24, 2.45) is 0 Å². The summed E-state index contributed by atoms with van der Waals surface area (Å²) in [5, 5.41) is 6.01. The summed E-state index contributed by atoms with van der Waals surface area (Å²) in [4.78, 5) is 30.0. The smallest absolute Gasteiger partial charge is 0.255 e. The van der Waals surface area contributed by atoms with Crippen LogP contribution < -0.4 is 15.4 Å². The summed E-state index contributed by atoms with van der Waals surface area (Å²) >= 11 is 2.92. The first-order chi connectivity index (χ1) is 18.3. The molecule has 2 amide bonds. The number of thioether (sulfide) groups is 1. The van der Waals surface area contributed by atoms with Crippen LogP contribution in [0.1, 0.15) is 61.1 Å². The van der Waals surface area contributed by atoms with Crippen molar-refractivity contribution >= 4 is 50.8 Å². The molecule has 0 saturated heterocycles. The second-order valence-corrected chi connectivity index (χ2v) is 11.6. The molecule has 38 heavy (non-hydrogen) atoms. The van der Waals surface area contributed by atoms with E-state index in [0.29, 0.717) is 11.3 Å². The van der Waals surface area contributed by atoms with Crippen molar-refractivity contribution in [1.29, 1.82) is 0 Å². The molecule has 2 atom stereocenters. The zero-order chi connectivity index (χ0) is 27.1. The van der Waals surface area contributed by atoms with Gasteiger partial charge in [-0.05, 0) is 74.7 Å². The topological polar surface area (TPSA) is 80.3 Å². The Morgan fingerprint density at radius 2 is 1.84 bits per heavy atom. The summed E-state index contributed by atoms with van der Waals surface area (Å²) in [5.74, 6) is 0.882. The maximum Gasteiger partial charge on any atom is 0.255 e. The van der Waals surface area contributed by atoms with Crippen LogP contribution in [0, 0.1) is 6.92 Å². The van der Waals surface area contributed by atoms with Gasteiger partial charge in [0.25, 0.3) is 5.91 Å². The molecule has 0 unspecified atom stereocenters. The van der Waals surface area contributed by atoms with Gasteiger partial charge in [0.2, 0.25) is 5.91 Å². The number of amides is 2. The Balaban J connectivity index is 1.34. The van der Waals surface area contributed by atoms with Crippen molar-refractivity contribution in [3.8, 4) is 5.75 Å². The van der Waals surface area contributed by atoms with Crippen molar-refractivity contribution < 1.29 is 14.3 Å². The normalized spacial score (nSPS) is 12.6. The zero-order valence-corrected chi connectivity index (χ0v) is 23.7. The molecule has 0 radical (unpaired) electrons. The van der Waals surface area contributed by atoms with Crippen molar-refractivity contribution in [2.45, 2.75) is 57.0 Å². The lowest BCUT2D eigenvalue weighted by Gasteiger charge is -2.16. The largest absolute Gasteiger partial charge is 0.490 e. The van der Waals surface area contributed by atoms with E-state index in [-0.39, 0.29) is 29.7 Å². The Morgan fingerprint density at radius 3 is 2.58 bits per heavy atom. The molecule has 0 bridgehead atoms. The Morgan fingerprint density at radius 1 is 1.05 bits per heavy atom. The number of fused-ring (bicyclic) bond motifs is 1. The van der Waals surface area contributed by atoms with E-state index >= 15 is 0 Å². The van der Waals surface area contributed by atoms with E-state index in [1.807, 2.05) is 74.5 Å². The molecule has 0 fully saturated rings. The molecule has 0 saturated carbocycles. The number of thiazole rings is 1. The van der Waals surface area contributed by atoms with Crippen LogP contribution in [0.15, 0.2) is 71.1 Å². The molecule has 1 heterocycles. The van der Waals surface area contributed by atoms with E-state index in [2.05, 4.69) is 29.5 Å². The van der Waals surface area contributed by atoms with E-state index in [1.165, 1.54) is 23.1 Å². The highest BCUT2D eigenvalue weighted by atomic mass is 32.2. The first kappa shape index (κ1) is 27.7. The summed E-state index contributed by atoms with van der Waals surface area (Å²) in [6.07, 6.45) is 2.19. The summed E-state index contributed by atoms with van der Waals surface area (Å²) < 4.78 is 7.76. The SMILES string of the molecule is CCC[C@@H](C)Oc1ccc(C(=O)Nc2ccc3nc(SCC(=O)N[C@@H](C)c4ccccc4)sc3c2)cc1C. The Hall–Kier alpha value is -3.36. The van der Waals surface area contributed by atoms with Crippen LogP contribution in [0.3, 0.4) is 0 Å². The number of benzene rings is 3. The first-order valence-electron chi connectivity index (χ1n) is 12.8. The zero-order valence-electron chi connectivity index (χ0n) is 22.1. The van der Waals surface area contributed by atoms with Crippen LogP contribution in [0.4, 0.5) is 5.69 Å². The van der Waals surface area contributed by atoms with Gasteiger partial charge in [-0.15, -0.1) is 11.3 Å². The minimum atomic E-state index is -0.177. The molecule has 3 aromatic carbocycles. The number of carbonyl (C=O) groups excluding carboxylic acids is 2. The predicted molar refractivity (Wildman–Crippen MR) is 157 cm³/mol. The van der Waals surface area contributed by atoms with Crippen LogP contribution in [-0.2, 0) is 4.79 Å². The minimum Gasteiger partial charge on any atom is -0.490 e. The third-order valence-electron chi connectivity index (χ3n) is 6.09. The third-order valence-corrected chi connectivity index (χ3v) is 8.25. The number of ether oxygens (including phenoxy) is 1. The number of nitrogens with one attached hydrogen (secondary N) is 2. The van der Waals surface area contributed by atoms with Gasteiger partial charge in [0, 0.05) is 11.3 Å². The quantitative estimate of drug-likeness (QED) is 0.191. The number of nitrogens with zero attached hydrogens (tertiary/aromatic N) is 1. The van der Waals surface area contributed by atoms with Gasteiger partial charge in [0.1, 0.15) is 5.75 Å². The van der Waals surface area contributed by atoms with E-state index < -0.39 is 0 Å². The number of rotatable bonds is 11. The second kappa shape index (κ2) is 12.9. The standard InChI is InChI=1S/C30H33N3O3S2/c1-5-9-20(3)36-26-15-12-23(16-19(26)2)29(35)32-24-13-14-25-27(17-24)38-30(33-25)37-18-28(34)31-21(4)22-10-7-6-8-11-22/h6-8,10-17,20-21H,5,9,18H2,1-4H3,(H,31,34)(H,32,35)/t20-,21+/m1/s1. The fourth-order valence-corrected chi connectivity index (χ4v) is 6.01. The number of hydrogen-bond donors (Lipinski definition) is 2. The Labute approximate surface area is 232 Å². The number of hydrogen-bond acceptors (Lipinski definition) is 6. The lowest BCUT2D eigenvalue weighted by molar-refractivity contribution is -0.119. The predicted octanol–water partition coefficient (Wildman–Crippen LogP) is 7.39. The number of aryl methyl sites for hydroxylation is 1. The Kier molecular flexibility index (Phi) is 9.42. The van der Waals surface area contributed by atoms with Gasteiger partial charge >= 0.3 is 0 Å². The van der Waals surface area contributed by atoms with Crippen LogP contribution in [-0.4, -0.2) is 28.7 Å². The number of anilines is 1. The van der Waals surface area contributed by atoms with Gasteiger partial charge in [-0.25, -0.2) is 4.98 Å². The van der Waals surface area contributed by atoms with Gasteiger partial charge in [-0.3, -0.25) is 9.59 Å². The molecular weight excluding hydrogens is 514 g/mol. The lowest BCUT2D eigenvalue weighted by Crippen LogP contribution is -2.28. The van der Waals surface area contributed by atoms with Gasteiger partial charge in [0.05, 0.1) is 28.1 Å². The molecule has 6 nitrogen and oxygen atoms in total. The van der Waals surface area contributed by atoms with Crippen molar-refractivity contribution in [1.82, 2.24) is 10.3 Å². The monoisotopic (exact) mass is 547 g/mol. The van der Waals surface area contributed by atoms with Gasteiger partial charge in [-0.2, -0.15) is 0 Å². The first-order valence-corrected chi connectivity index (χ1v) is 14.6. The van der Waals surface area contributed by atoms with E-state index in [1.54, 1.807) is 6.07 Å². The fraction of sp³-hybridized carbons (Fsp3) is 0.300. The third kappa shape index (κ3) is 7.36. The molecule has 198 valence electrons. The average Bonchev–Trinajstić information content (AvgIpc) is 3.31. The van der Waals surface area contributed by atoms with Crippen molar-refractivity contribution in [3.63, 3.8) is 0 Å². The lowest BCUT2D eigenvalue weighted by atomic mass is 10.1. The molecule has 8 heteroatoms. The molecule has 4 aromatic rings. The number of carbonyl (C=O) groups is 2. The minimum absolute atomic E-state index is 0.0369. The molecule has 0 spiro atoms. The number of aromatic nitrogens is 1. The van der Waals surface area contributed by atoms with Crippen molar-refractivity contribution in [3.05, 3.63) is 83.4 Å². The summed E-state index contributed by atoms with van der Waals surface area (Å²) in [6, 6.07) is 21.0. The fourth-order valence-electron chi connectivity index (χ4n) is 4.09. The maximum absolute atomic E-state index is 12.9. The van der Waals surface area contributed by atoms with E-state index in [0.717, 1.165) is 44.3 Å². The van der Waals surface area contributed by atoms with E-state index in [4.69, 9.17) is 4.74 Å². The molecule has 0 aliphatic heterocycles. The highest BCUT2D eigenvalue weighted by Gasteiger charge is 2.14.